The predicted octanol–water partition coefficient (Wildman–Crippen LogP) is 2.96. The summed E-state index contributed by atoms with van der Waals surface area (Å²) in [6.07, 6.45) is 3.60. The van der Waals surface area contributed by atoms with Crippen molar-refractivity contribution in [1.29, 1.82) is 0 Å². The monoisotopic (exact) mass is 326 g/mol. The van der Waals surface area contributed by atoms with E-state index in [0.29, 0.717) is 12.6 Å². The third kappa shape index (κ3) is 3.94. The number of hydrogen-bond donors (Lipinski definition) is 1. The van der Waals surface area contributed by atoms with E-state index < -0.39 is 0 Å². The van der Waals surface area contributed by atoms with Crippen molar-refractivity contribution >= 4 is 21.6 Å². The number of hydrogen-bond acceptors (Lipinski definition) is 3. The molecule has 1 aromatic rings. The van der Waals surface area contributed by atoms with Gasteiger partial charge in [0.25, 0.3) is 0 Å². The lowest BCUT2D eigenvalue weighted by atomic mass is 10.0. The quantitative estimate of drug-likeness (QED) is 0.904. The maximum atomic E-state index is 5.71. The molecule has 2 N–H and O–H groups in total. The Bertz CT molecular complexity index is 403. The van der Waals surface area contributed by atoms with Gasteiger partial charge in [-0.25, -0.2) is 0 Å². The Hall–Kier alpha value is -0.580. The minimum absolute atomic E-state index is 0.436. The third-order valence-electron chi connectivity index (χ3n) is 3.65. The molecule has 19 heavy (non-hydrogen) atoms. The Morgan fingerprint density at radius 3 is 2.74 bits per heavy atom. The lowest BCUT2D eigenvalue weighted by molar-refractivity contribution is 0.0459. The van der Waals surface area contributed by atoms with E-state index in [1.54, 1.807) is 0 Å². The molecule has 4 heteroatoms. The molecule has 1 fully saturated rings. The Morgan fingerprint density at radius 2 is 2.11 bits per heavy atom. The molecule has 0 unspecified atom stereocenters. The summed E-state index contributed by atoms with van der Waals surface area (Å²) in [4.78, 5) is 2.46. The van der Waals surface area contributed by atoms with Crippen molar-refractivity contribution in [3.05, 3.63) is 28.2 Å². The molecule has 106 valence electrons. The molecule has 0 aliphatic carbocycles. The van der Waals surface area contributed by atoms with Gasteiger partial charge in [-0.1, -0.05) is 22.0 Å². The van der Waals surface area contributed by atoms with Gasteiger partial charge in [0.05, 0.1) is 6.10 Å². The molecular formula is C15H23BrN2O. The van der Waals surface area contributed by atoms with Gasteiger partial charge in [-0.05, 0) is 50.4 Å². The van der Waals surface area contributed by atoms with Gasteiger partial charge in [-0.2, -0.15) is 0 Å². The molecule has 3 nitrogen and oxygen atoms in total. The van der Waals surface area contributed by atoms with Crippen molar-refractivity contribution in [1.82, 2.24) is 0 Å². The Balaban J connectivity index is 2.07. The number of halogens is 1. The molecule has 0 saturated carbocycles. The molecule has 0 radical (unpaired) electrons. The smallest absolute Gasteiger partial charge is 0.0608 e. The highest BCUT2D eigenvalue weighted by atomic mass is 79.9. The van der Waals surface area contributed by atoms with Gasteiger partial charge < -0.3 is 15.4 Å². The first kappa shape index (κ1) is 14.8. The number of benzene rings is 1. The summed E-state index contributed by atoms with van der Waals surface area (Å²) in [5.41, 5.74) is 8.38. The van der Waals surface area contributed by atoms with Crippen LogP contribution in [0.3, 0.4) is 0 Å². The molecule has 0 bridgehead atoms. The molecule has 1 heterocycles. The van der Waals surface area contributed by atoms with Gasteiger partial charge in [-0.3, -0.25) is 0 Å². The summed E-state index contributed by atoms with van der Waals surface area (Å²) in [6, 6.07) is 6.49. The van der Waals surface area contributed by atoms with Crippen LogP contribution in [0.2, 0.25) is 0 Å². The van der Waals surface area contributed by atoms with Gasteiger partial charge in [0, 0.05) is 29.9 Å². The second kappa shape index (κ2) is 7.27. The van der Waals surface area contributed by atoms with E-state index in [1.807, 2.05) is 0 Å². The van der Waals surface area contributed by atoms with Crippen LogP contribution in [0, 0.1) is 0 Å². The fourth-order valence-electron chi connectivity index (χ4n) is 2.70. The molecule has 2 rings (SSSR count). The lowest BCUT2D eigenvalue weighted by Gasteiger charge is -2.34. The number of rotatable bonds is 5. The minimum atomic E-state index is 0.436. The van der Waals surface area contributed by atoms with Crippen molar-refractivity contribution in [2.75, 3.05) is 31.1 Å². The summed E-state index contributed by atoms with van der Waals surface area (Å²) < 4.78 is 6.85. The SMILES string of the molecule is CCOC1CCN(c2cc(Br)ccc2CCN)CC1. The molecule has 1 aliphatic rings. The van der Waals surface area contributed by atoms with Gasteiger partial charge >= 0.3 is 0 Å². The van der Waals surface area contributed by atoms with Crippen molar-refractivity contribution in [2.24, 2.45) is 5.73 Å². The highest BCUT2D eigenvalue weighted by Gasteiger charge is 2.21. The first-order valence-electron chi connectivity index (χ1n) is 7.09. The topological polar surface area (TPSA) is 38.5 Å². The molecule has 1 aliphatic heterocycles. The molecule has 0 spiro atoms. The zero-order valence-corrected chi connectivity index (χ0v) is 13.2. The van der Waals surface area contributed by atoms with Gasteiger partial charge in [0.2, 0.25) is 0 Å². The Morgan fingerprint density at radius 1 is 1.37 bits per heavy atom. The first-order chi connectivity index (χ1) is 9.24. The van der Waals surface area contributed by atoms with E-state index >= 15 is 0 Å². The fourth-order valence-corrected chi connectivity index (χ4v) is 3.05. The van der Waals surface area contributed by atoms with Crippen molar-refractivity contribution in [2.45, 2.75) is 32.3 Å². The second-order valence-electron chi connectivity index (χ2n) is 4.95. The maximum absolute atomic E-state index is 5.71. The number of nitrogens with two attached hydrogens (primary N) is 1. The molecule has 1 saturated heterocycles. The Kier molecular flexibility index (Phi) is 5.67. The average molecular weight is 327 g/mol. The van der Waals surface area contributed by atoms with Crippen LogP contribution < -0.4 is 10.6 Å². The summed E-state index contributed by atoms with van der Waals surface area (Å²) in [5, 5.41) is 0. The van der Waals surface area contributed by atoms with Gasteiger partial charge in [0.15, 0.2) is 0 Å². The molecule has 0 amide bonds. The fraction of sp³-hybridized carbons (Fsp3) is 0.600. The maximum Gasteiger partial charge on any atom is 0.0608 e. The molecular weight excluding hydrogens is 304 g/mol. The third-order valence-corrected chi connectivity index (χ3v) is 4.14. The van der Waals surface area contributed by atoms with Crippen LogP contribution >= 0.6 is 15.9 Å². The summed E-state index contributed by atoms with van der Waals surface area (Å²) in [7, 11) is 0. The summed E-state index contributed by atoms with van der Waals surface area (Å²) in [5.74, 6) is 0. The summed E-state index contributed by atoms with van der Waals surface area (Å²) >= 11 is 3.57. The molecule has 1 aromatic carbocycles. The highest BCUT2D eigenvalue weighted by Crippen LogP contribution is 2.28. The number of nitrogens with zero attached hydrogens (tertiary/aromatic N) is 1. The van der Waals surface area contributed by atoms with E-state index in [1.165, 1.54) is 11.3 Å². The van der Waals surface area contributed by atoms with Crippen LogP contribution in [-0.4, -0.2) is 32.3 Å². The molecule has 0 aromatic heterocycles. The Labute approximate surface area is 124 Å². The normalized spacial score (nSPS) is 16.9. The van der Waals surface area contributed by atoms with Crippen LogP contribution in [0.25, 0.3) is 0 Å². The van der Waals surface area contributed by atoms with Crippen molar-refractivity contribution in [3.63, 3.8) is 0 Å². The number of piperidine rings is 1. The predicted molar refractivity (Wildman–Crippen MR) is 83.8 cm³/mol. The van der Waals surface area contributed by atoms with E-state index in [0.717, 1.165) is 43.4 Å². The first-order valence-corrected chi connectivity index (χ1v) is 7.89. The van der Waals surface area contributed by atoms with E-state index in [9.17, 15) is 0 Å². The van der Waals surface area contributed by atoms with Gasteiger partial charge in [-0.15, -0.1) is 0 Å². The van der Waals surface area contributed by atoms with Gasteiger partial charge in [0.1, 0.15) is 0 Å². The lowest BCUT2D eigenvalue weighted by Crippen LogP contribution is -2.37. The van der Waals surface area contributed by atoms with E-state index in [4.69, 9.17) is 10.5 Å². The van der Waals surface area contributed by atoms with Crippen LogP contribution in [-0.2, 0) is 11.2 Å². The minimum Gasteiger partial charge on any atom is -0.378 e. The van der Waals surface area contributed by atoms with Crippen molar-refractivity contribution in [3.8, 4) is 0 Å². The standard InChI is InChI=1S/C15H23BrN2O/c1-2-19-14-6-9-18(10-7-14)15-11-13(16)4-3-12(15)5-8-17/h3-4,11,14H,2,5-10,17H2,1H3. The number of anilines is 1. The number of ether oxygens (including phenoxy) is 1. The van der Waals surface area contributed by atoms with Crippen LogP contribution in [0.15, 0.2) is 22.7 Å². The van der Waals surface area contributed by atoms with Crippen LogP contribution in [0.1, 0.15) is 25.3 Å². The van der Waals surface area contributed by atoms with Crippen LogP contribution in [0.4, 0.5) is 5.69 Å². The zero-order valence-electron chi connectivity index (χ0n) is 11.6. The highest BCUT2D eigenvalue weighted by molar-refractivity contribution is 9.10. The average Bonchev–Trinajstić information content (AvgIpc) is 2.42. The largest absolute Gasteiger partial charge is 0.378 e. The second-order valence-corrected chi connectivity index (χ2v) is 5.87. The molecule has 0 atom stereocenters. The summed E-state index contributed by atoms with van der Waals surface area (Å²) in [6.45, 7) is 5.72. The zero-order chi connectivity index (χ0) is 13.7. The van der Waals surface area contributed by atoms with Crippen molar-refractivity contribution < 1.29 is 4.74 Å². The van der Waals surface area contributed by atoms with E-state index in [2.05, 4.69) is 46.0 Å². The van der Waals surface area contributed by atoms with Crippen LogP contribution in [0.5, 0.6) is 0 Å². The van der Waals surface area contributed by atoms with E-state index in [-0.39, 0.29) is 0 Å².